The summed E-state index contributed by atoms with van der Waals surface area (Å²) < 4.78 is 2.86. The van der Waals surface area contributed by atoms with Gasteiger partial charge in [0.15, 0.2) is 5.65 Å². The third-order valence-electron chi connectivity index (χ3n) is 2.69. The number of anilines is 1. The number of rotatable bonds is 2. The normalized spacial score (nSPS) is 10.9. The van der Waals surface area contributed by atoms with E-state index < -0.39 is 0 Å². The molecule has 0 radical (unpaired) electrons. The number of hydrogen-bond donors (Lipinski definition) is 1. The number of halogens is 1. The van der Waals surface area contributed by atoms with E-state index in [0.717, 1.165) is 21.1 Å². The molecule has 0 amide bonds. The van der Waals surface area contributed by atoms with Gasteiger partial charge in [0, 0.05) is 4.47 Å². The molecule has 0 saturated carbocycles. The predicted molar refractivity (Wildman–Crippen MR) is 73.0 cm³/mol. The fraction of sp³-hybridized carbons (Fsp3) is 0.0833. The quantitative estimate of drug-likeness (QED) is 0.788. The number of nitrogen functional groups attached to an aromatic ring is 1. The molecule has 3 aromatic rings. The van der Waals surface area contributed by atoms with Crippen LogP contribution >= 0.6 is 15.9 Å². The van der Waals surface area contributed by atoms with Gasteiger partial charge in [-0.3, -0.25) is 0 Å². The molecule has 6 heteroatoms. The van der Waals surface area contributed by atoms with E-state index in [1.54, 1.807) is 6.20 Å². The minimum absolute atomic E-state index is 0.459. The first kappa shape index (κ1) is 11.2. The molecular weight excluding hydrogens is 294 g/mol. The molecule has 3 rings (SSSR count). The Hall–Kier alpha value is -1.95. The largest absolute Gasteiger partial charge is 0.383 e. The average molecular weight is 304 g/mol. The molecule has 2 heterocycles. The molecule has 2 aromatic heterocycles. The Labute approximate surface area is 112 Å². The molecule has 2 N–H and O–H groups in total. The fourth-order valence-electron chi connectivity index (χ4n) is 1.84. The fourth-order valence-corrected chi connectivity index (χ4v) is 2.28. The summed E-state index contributed by atoms with van der Waals surface area (Å²) >= 11 is 3.45. The summed E-state index contributed by atoms with van der Waals surface area (Å²) in [5.74, 6) is 0.459. The van der Waals surface area contributed by atoms with Gasteiger partial charge in [0.2, 0.25) is 0 Å². The maximum Gasteiger partial charge on any atom is 0.163 e. The number of nitrogens with two attached hydrogens (primary N) is 1. The van der Waals surface area contributed by atoms with Crippen molar-refractivity contribution in [1.29, 1.82) is 0 Å². The summed E-state index contributed by atoms with van der Waals surface area (Å²) in [6, 6.07) is 8.08. The number of aromatic nitrogens is 4. The lowest BCUT2D eigenvalue weighted by molar-refractivity contribution is 0.703. The second-order valence-electron chi connectivity index (χ2n) is 3.93. The highest BCUT2D eigenvalue weighted by atomic mass is 79.9. The topological polar surface area (TPSA) is 69.6 Å². The van der Waals surface area contributed by atoms with E-state index in [2.05, 4.69) is 37.1 Å². The molecule has 0 unspecified atom stereocenters. The van der Waals surface area contributed by atoms with Crippen molar-refractivity contribution in [1.82, 2.24) is 19.7 Å². The van der Waals surface area contributed by atoms with Crippen LogP contribution in [0.5, 0.6) is 0 Å². The zero-order valence-electron chi connectivity index (χ0n) is 9.42. The number of nitrogens with zero attached hydrogens (tertiary/aromatic N) is 4. The molecule has 0 aliphatic rings. The monoisotopic (exact) mass is 303 g/mol. The van der Waals surface area contributed by atoms with E-state index in [1.807, 2.05) is 22.9 Å². The van der Waals surface area contributed by atoms with Gasteiger partial charge >= 0.3 is 0 Å². The van der Waals surface area contributed by atoms with Crippen molar-refractivity contribution in [3.63, 3.8) is 0 Å². The van der Waals surface area contributed by atoms with Crippen LogP contribution in [0.25, 0.3) is 11.0 Å². The van der Waals surface area contributed by atoms with Crippen molar-refractivity contribution in [3.8, 4) is 0 Å². The van der Waals surface area contributed by atoms with Crippen LogP contribution in [0, 0.1) is 0 Å². The van der Waals surface area contributed by atoms with E-state index in [0.29, 0.717) is 12.4 Å². The van der Waals surface area contributed by atoms with Gasteiger partial charge in [-0.05, 0) is 17.7 Å². The van der Waals surface area contributed by atoms with Gasteiger partial charge in [-0.1, -0.05) is 28.1 Å². The summed E-state index contributed by atoms with van der Waals surface area (Å²) in [7, 11) is 0. The van der Waals surface area contributed by atoms with Crippen LogP contribution in [-0.4, -0.2) is 19.7 Å². The second-order valence-corrected chi connectivity index (χ2v) is 4.84. The summed E-state index contributed by atoms with van der Waals surface area (Å²) in [4.78, 5) is 8.17. The summed E-state index contributed by atoms with van der Waals surface area (Å²) in [5.41, 5.74) is 7.67. The zero-order chi connectivity index (χ0) is 12.5. The minimum Gasteiger partial charge on any atom is -0.383 e. The van der Waals surface area contributed by atoms with E-state index >= 15 is 0 Å². The molecule has 0 atom stereocenters. The van der Waals surface area contributed by atoms with Crippen LogP contribution in [0.15, 0.2) is 41.3 Å². The first-order valence-electron chi connectivity index (χ1n) is 5.40. The SMILES string of the molecule is Nc1ncnc2c1cnn2Cc1cccc(Br)c1. The van der Waals surface area contributed by atoms with Crippen LogP contribution in [0.2, 0.25) is 0 Å². The smallest absolute Gasteiger partial charge is 0.163 e. The van der Waals surface area contributed by atoms with Gasteiger partial charge in [0.1, 0.15) is 12.1 Å². The maximum atomic E-state index is 5.78. The Morgan fingerprint density at radius 1 is 1.28 bits per heavy atom. The Morgan fingerprint density at radius 3 is 3.00 bits per heavy atom. The van der Waals surface area contributed by atoms with Crippen LogP contribution in [0.4, 0.5) is 5.82 Å². The first-order valence-corrected chi connectivity index (χ1v) is 6.20. The van der Waals surface area contributed by atoms with Crippen LogP contribution in [0.3, 0.4) is 0 Å². The zero-order valence-corrected chi connectivity index (χ0v) is 11.0. The highest BCUT2D eigenvalue weighted by Gasteiger charge is 2.07. The van der Waals surface area contributed by atoms with Crippen molar-refractivity contribution in [2.24, 2.45) is 0 Å². The van der Waals surface area contributed by atoms with Crippen LogP contribution in [0.1, 0.15) is 5.56 Å². The molecule has 0 saturated heterocycles. The molecule has 5 nitrogen and oxygen atoms in total. The van der Waals surface area contributed by atoms with Gasteiger partial charge in [0.25, 0.3) is 0 Å². The Morgan fingerprint density at radius 2 is 2.17 bits per heavy atom. The van der Waals surface area contributed by atoms with Crippen molar-refractivity contribution in [3.05, 3.63) is 46.8 Å². The minimum atomic E-state index is 0.459. The molecule has 0 spiro atoms. The van der Waals surface area contributed by atoms with E-state index in [4.69, 9.17) is 5.73 Å². The molecule has 18 heavy (non-hydrogen) atoms. The molecule has 1 aromatic carbocycles. The number of benzene rings is 1. The Bertz CT molecular complexity index is 707. The van der Waals surface area contributed by atoms with Gasteiger partial charge in [-0.15, -0.1) is 0 Å². The predicted octanol–water partition coefficient (Wildman–Crippen LogP) is 2.22. The van der Waals surface area contributed by atoms with E-state index in [-0.39, 0.29) is 0 Å². The number of fused-ring (bicyclic) bond motifs is 1. The van der Waals surface area contributed by atoms with Gasteiger partial charge in [-0.2, -0.15) is 5.10 Å². The summed E-state index contributed by atoms with van der Waals surface area (Å²) in [5, 5.41) is 5.08. The molecular formula is C12H10BrN5. The summed E-state index contributed by atoms with van der Waals surface area (Å²) in [6.45, 7) is 0.652. The lowest BCUT2D eigenvalue weighted by Gasteiger charge is -2.03. The Balaban J connectivity index is 2.03. The summed E-state index contributed by atoms with van der Waals surface area (Å²) in [6.07, 6.45) is 3.15. The van der Waals surface area contributed by atoms with Crippen molar-refractivity contribution >= 4 is 32.8 Å². The second kappa shape index (κ2) is 4.38. The van der Waals surface area contributed by atoms with Gasteiger partial charge in [0.05, 0.1) is 18.1 Å². The highest BCUT2D eigenvalue weighted by molar-refractivity contribution is 9.10. The van der Waals surface area contributed by atoms with Crippen LogP contribution in [-0.2, 0) is 6.54 Å². The van der Waals surface area contributed by atoms with Crippen LogP contribution < -0.4 is 5.73 Å². The molecule has 0 fully saturated rings. The lowest BCUT2D eigenvalue weighted by atomic mass is 10.2. The van der Waals surface area contributed by atoms with Gasteiger partial charge < -0.3 is 5.73 Å². The van der Waals surface area contributed by atoms with Gasteiger partial charge in [-0.25, -0.2) is 14.6 Å². The molecule has 90 valence electrons. The highest BCUT2D eigenvalue weighted by Crippen LogP contribution is 2.18. The maximum absolute atomic E-state index is 5.78. The first-order chi connectivity index (χ1) is 8.74. The standard InChI is InChI=1S/C12H10BrN5/c13-9-3-1-2-8(4-9)6-18-12-10(5-17-18)11(14)15-7-16-12/h1-5,7H,6H2,(H2,14,15,16). The third-order valence-corrected chi connectivity index (χ3v) is 3.18. The van der Waals surface area contributed by atoms with E-state index in [9.17, 15) is 0 Å². The average Bonchev–Trinajstić information content (AvgIpc) is 2.74. The molecule has 0 aliphatic carbocycles. The van der Waals surface area contributed by atoms with Crippen molar-refractivity contribution < 1.29 is 0 Å². The molecule has 0 bridgehead atoms. The Kier molecular flexibility index (Phi) is 2.71. The van der Waals surface area contributed by atoms with E-state index in [1.165, 1.54) is 6.33 Å². The third kappa shape index (κ3) is 1.95. The van der Waals surface area contributed by atoms with Crippen molar-refractivity contribution in [2.45, 2.75) is 6.54 Å². The lowest BCUT2D eigenvalue weighted by Crippen LogP contribution is -2.03. The number of hydrogen-bond acceptors (Lipinski definition) is 4. The molecule has 0 aliphatic heterocycles. The van der Waals surface area contributed by atoms with Crippen molar-refractivity contribution in [2.75, 3.05) is 5.73 Å².